The van der Waals surface area contributed by atoms with Crippen molar-refractivity contribution in [1.82, 2.24) is 10.2 Å². The number of carbonyl (C=O) groups excluding carboxylic acids is 1. The molecule has 24 heavy (non-hydrogen) atoms. The van der Waals surface area contributed by atoms with Crippen LogP contribution in [0.4, 0.5) is 10.5 Å². The standard InChI is InChI=1S/C17H19Cl2N3O2/c18-13-6-5-12(10-14(13)19)21-17(23)20-11-15(16-4-3-9-24-16)22-7-1-2-8-22/h3-6,9-10,15H,1-2,7-8,11H2,(H2,20,21,23)/t15-/m1/s1. The van der Waals surface area contributed by atoms with Gasteiger partial charge in [-0.25, -0.2) is 4.79 Å². The van der Waals surface area contributed by atoms with Crippen LogP contribution in [0.1, 0.15) is 24.6 Å². The first-order valence-corrected chi connectivity index (χ1v) is 8.66. The van der Waals surface area contributed by atoms with Crippen molar-refractivity contribution in [2.75, 3.05) is 25.0 Å². The highest BCUT2D eigenvalue weighted by Crippen LogP contribution is 2.26. The molecule has 0 saturated carbocycles. The van der Waals surface area contributed by atoms with Crippen molar-refractivity contribution in [3.63, 3.8) is 0 Å². The van der Waals surface area contributed by atoms with Gasteiger partial charge in [-0.05, 0) is 56.3 Å². The Bertz CT molecular complexity index is 685. The molecule has 0 unspecified atom stereocenters. The Morgan fingerprint density at radius 2 is 2.00 bits per heavy atom. The van der Waals surface area contributed by atoms with Gasteiger partial charge in [-0.2, -0.15) is 0 Å². The summed E-state index contributed by atoms with van der Waals surface area (Å²) in [6, 6.07) is 8.54. The molecule has 2 N–H and O–H groups in total. The van der Waals surface area contributed by atoms with E-state index in [2.05, 4.69) is 15.5 Å². The third kappa shape index (κ3) is 4.23. The minimum absolute atomic E-state index is 0.0436. The Labute approximate surface area is 150 Å². The van der Waals surface area contributed by atoms with Crippen molar-refractivity contribution in [3.05, 3.63) is 52.4 Å². The number of likely N-dealkylation sites (tertiary alicyclic amines) is 1. The van der Waals surface area contributed by atoms with E-state index in [1.54, 1.807) is 24.5 Å². The topological polar surface area (TPSA) is 57.5 Å². The first-order valence-electron chi connectivity index (χ1n) is 7.91. The molecule has 1 aliphatic rings. The zero-order valence-corrected chi connectivity index (χ0v) is 14.6. The number of halogens is 2. The van der Waals surface area contributed by atoms with Crippen molar-refractivity contribution in [2.24, 2.45) is 0 Å². The molecule has 1 aliphatic heterocycles. The van der Waals surface area contributed by atoms with Crippen LogP contribution in [0.25, 0.3) is 0 Å². The van der Waals surface area contributed by atoms with E-state index in [1.807, 2.05) is 12.1 Å². The van der Waals surface area contributed by atoms with Crippen LogP contribution in [0, 0.1) is 0 Å². The van der Waals surface area contributed by atoms with Crippen LogP contribution < -0.4 is 10.6 Å². The lowest BCUT2D eigenvalue weighted by atomic mass is 10.2. The van der Waals surface area contributed by atoms with Gasteiger partial charge in [0.25, 0.3) is 0 Å². The maximum atomic E-state index is 12.2. The van der Waals surface area contributed by atoms with E-state index in [9.17, 15) is 4.79 Å². The summed E-state index contributed by atoms with van der Waals surface area (Å²) in [4.78, 5) is 14.5. The summed E-state index contributed by atoms with van der Waals surface area (Å²) in [7, 11) is 0. The molecule has 5 nitrogen and oxygen atoms in total. The van der Waals surface area contributed by atoms with Gasteiger partial charge in [0.2, 0.25) is 0 Å². The second kappa shape index (κ2) is 7.92. The molecule has 2 heterocycles. The van der Waals surface area contributed by atoms with Crippen LogP contribution in [0.5, 0.6) is 0 Å². The van der Waals surface area contributed by atoms with E-state index in [0.717, 1.165) is 18.8 Å². The maximum absolute atomic E-state index is 12.2. The van der Waals surface area contributed by atoms with E-state index in [0.29, 0.717) is 22.3 Å². The Morgan fingerprint density at radius 3 is 2.67 bits per heavy atom. The zero-order valence-electron chi connectivity index (χ0n) is 13.1. The molecule has 0 spiro atoms. The van der Waals surface area contributed by atoms with Crippen molar-refractivity contribution < 1.29 is 9.21 Å². The summed E-state index contributed by atoms with van der Waals surface area (Å²) in [6.45, 7) is 2.50. The monoisotopic (exact) mass is 367 g/mol. The van der Waals surface area contributed by atoms with Crippen LogP contribution in [0.15, 0.2) is 41.0 Å². The second-order valence-electron chi connectivity index (χ2n) is 5.74. The Balaban J connectivity index is 1.59. The minimum atomic E-state index is -0.288. The largest absolute Gasteiger partial charge is 0.468 e. The smallest absolute Gasteiger partial charge is 0.319 e. The number of urea groups is 1. The number of nitrogens with one attached hydrogen (secondary N) is 2. The lowest BCUT2D eigenvalue weighted by Gasteiger charge is -2.26. The highest BCUT2D eigenvalue weighted by Gasteiger charge is 2.25. The summed E-state index contributed by atoms with van der Waals surface area (Å²) in [5, 5.41) is 6.52. The molecule has 0 bridgehead atoms. The Morgan fingerprint density at radius 1 is 1.21 bits per heavy atom. The maximum Gasteiger partial charge on any atom is 0.319 e. The quantitative estimate of drug-likeness (QED) is 0.814. The summed E-state index contributed by atoms with van der Waals surface area (Å²) < 4.78 is 5.54. The van der Waals surface area contributed by atoms with E-state index in [4.69, 9.17) is 27.6 Å². The number of hydrogen-bond acceptors (Lipinski definition) is 3. The Kier molecular flexibility index (Phi) is 5.66. The average molecular weight is 368 g/mol. The van der Waals surface area contributed by atoms with Gasteiger partial charge in [-0.3, -0.25) is 4.90 Å². The average Bonchev–Trinajstić information content (AvgIpc) is 3.25. The van der Waals surface area contributed by atoms with E-state index >= 15 is 0 Å². The van der Waals surface area contributed by atoms with Crippen molar-refractivity contribution in [1.29, 1.82) is 0 Å². The first-order chi connectivity index (χ1) is 11.6. The predicted molar refractivity (Wildman–Crippen MR) is 95.7 cm³/mol. The summed E-state index contributed by atoms with van der Waals surface area (Å²) >= 11 is 11.8. The van der Waals surface area contributed by atoms with Gasteiger partial charge < -0.3 is 15.1 Å². The normalized spacial score (nSPS) is 16.1. The number of carbonyl (C=O) groups is 1. The molecule has 2 aromatic rings. The third-order valence-electron chi connectivity index (χ3n) is 4.09. The number of hydrogen-bond donors (Lipinski definition) is 2. The Hall–Kier alpha value is -1.69. The molecular weight excluding hydrogens is 349 g/mol. The SMILES string of the molecule is O=C(NC[C@H](c1ccco1)N1CCCC1)Nc1ccc(Cl)c(Cl)c1. The van der Waals surface area contributed by atoms with Gasteiger partial charge in [0.05, 0.1) is 22.4 Å². The third-order valence-corrected chi connectivity index (χ3v) is 4.83. The van der Waals surface area contributed by atoms with Crippen molar-refractivity contribution in [2.45, 2.75) is 18.9 Å². The van der Waals surface area contributed by atoms with Crippen molar-refractivity contribution >= 4 is 34.9 Å². The van der Waals surface area contributed by atoms with Crippen LogP contribution in [0.3, 0.4) is 0 Å². The molecule has 0 radical (unpaired) electrons. The lowest BCUT2D eigenvalue weighted by molar-refractivity contribution is 0.207. The fraction of sp³-hybridized carbons (Fsp3) is 0.353. The van der Waals surface area contributed by atoms with Crippen LogP contribution in [0.2, 0.25) is 10.0 Å². The van der Waals surface area contributed by atoms with E-state index < -0.39 is 0 Å². The number of nitrogens with zero attached hydrogens (tertiary/aromatic N) is 1. The summed E-state index contributed by atoms with van der Waals surface area (Å²) in [5.74, 6) is 0.867. The molecule has 1 saturated heterocycles. The molecule has 1 atom stereocenters. The summed E-state index contributed by atoms with van der Waals surface area (Å²) in [6.07, 6.45) is 4.01. The van der Waals surface area contributed by atoms with E-state index in [-0.39, 0.29) is 12.1 Å². The fourth-order valence-corrected chi connectivity index (χ4v) is 3.18. The molecule has 1 fully saturated rings. The molecule has 1 aromatic heterocycles. The highest BCUT2D eigenvalue weighted by molar-refractivity contribution is 6.42. The van der Waals surface area contributed by atoms with Gasteiger partial charge in [0.1, 0.15) is 5.76 Å². The van der Waals surface area contributed by atoms with E-state index in [1.165, 1.54) is 12.8 Å². The van der Waals surface area contributed by atoms with Gasteiger partial charge in [0, 0.05) is 12.2 Å². The molecular formula is C17H19Cl2N3O2. The molecule has 7 heteroatoms. The predicted octanol–water partition coefficient (Wildman–Crippen LogP) is 4.55. The molecule has 128 valence electrons. The fourth-order valence-electron chi connectivity index (χ4n) is 2.88. The minimum Gasteiger partial charge on any atom is -0.468 e. The van der Waals surface area contributed by atoms with Gasteiger partial charge in [-0.1, -0.05) is 23.2 Å². The second-order valence-corrected chi connectivity index (χ2v) is 6.55. The lowest BCUT2D eigenvalue weighted by Crippen LogP contribution is -2.38. The molecule has 3 rings (SSSR count). The zero-order chi connectivity index (χ0) is 16.9. The molecule has 2 amide bonds. The van der Waals surface area contributed by atoms with Crippen LogP contribution >= 0.6 is 23.2 Å². The number of amides is 2. The molecule has 1 aromatic carbocycles. The summed E-state index contributed by atoms with van der Waals surface area (Å²) in [5.41, 5.74) is 0.595. The number of furan rings is 1. The van der Waals surface area contributed by atoms with Gasteiger partial charge >= 0.3 is 6.03 Å². The van der Waals surface area contributed by atoms with Crippen molar-refractivity contribution in [3.8, 4) is 0 Å². The first kappa shape index (κ1) is 17.1. The number of anilines is 1. The van der Waals surface area contributed by atoms with Crippen LogP contribution in [-0.2, 0) is 0 Å². The molecule has 0 aliphatic carbocycles. The van der Waals surface area contributed by atoms with Gasteiger partial charge in [-0.15, -0.1) is 0 Å². The van der Waals surface area contributed by atoms with Crippen LogP contribution in [-0.4, -0.2) is 30.6 Å². The highest BCUT2D eigenvalue weighted by atomic mass is 35.5. The number of rotatable bonds is 5. The number of benzene rings is 1. The van der Waals surface area contributed by atoms with Gasteiger partial charge in [0.15, 0.2) is 0 Å².